The molecule has 1 saturated heterocycles. The Balaban J connectivity index is 1.67. The van der Waals surface area contributed by atoms with Crippen LogP contribution in [0.3, 0.4) is 0 Å². The average Bonchev–Trinajstić information content (AvgIpc) is 3.42. The van der Waals surface area contributed by atoms with Crippen LogP contribution >= 0.6 is 11.3 Å². The van der Waals surface area contributed by atoms with E-state index in [1.165, 1.54) is 28.6 Å². The lowest BCUT2D eigenvalue weighted by Crippen LogP contribution is -2.29. The summed E-state index contributed by atoms with van der Waals surface area (Å²) in [6.45, 7) is 8.80. The standard InChI is InChI=1S/C30H29N3O4S/c1-17(2)10-13-37-22-7-5-6-21(16-22)26-24(27(34)20-8-11-31-12-9-20)28(35)29(36)33(26)30-32-25-19(4)14-18(3)15-23(25)38-30/h5-9,11-12,14-17,26,34H,10,13H2,1-4H3/b27-24+. The minimum Gasteiger partial charge on any atom is -0.507 e. The smallest absolute Gasteiger partial charge is 0.301 e. The molecule has 0 radical (unpaired) electrons. The quantitative estimate of drug-likeness (QED) is 0.171. The number of thiazole rings is 1. The lowest BCUT2D eigenvalue weighted by atomic mass is 9.95. The van der Waals surface area contributed by atoms with Crippen molar-refractivity contribution in [3.05, 3.63) is 88.8 Å². The summed E-state index contributed by atoms with van der Waals surface area (Å²) in [5.74, 6) is -0.615. The number of hydrogen-bond acceptors (Lipinski definition) is 7. The Morgan fingerprint density at radius 2 is 1.87 bits per heavy atom. The van der Waals surface area contributed by atoms with Gasteiger partial charge in [0.25, 0.3) is 5.78 Å². The first-order valence-electron chi connectivity index (χ1n) is 12.6. The first kappa shape index (κ1) is 25.6. The molecule has 7 nitrogen and oxygen atoms in total. The molecule has 194 valence electrons. The molecule has 0 spiro atoms. The molecular formula is C30H29N3O4S. The van der Waals surface area contributed by atoms with Crippen molar-refractivity contribution < 1.29 is 19.4 Å². The van der Waals surface area contributed by atoms with Crippen LogP contribution in [0.1, 0.15) is 48.6 Å². The van der Waals surface area contributed by atoms with Gasteiger partial charge in [-0.05, 0) is 73.2 Å². The van der Waals surface area contributed by atoms with Gasteiger partial charge in [-0.3, -0.25) is 19.5 Å². The summed E-state index contributed by atoms with van der Waals surface area (Å²) < 4.78 is 6.91. The summed E-state index contributed by atoms with van der Waals surface area (Å²) in [5.41, 5.74) is 3.93. The molecule has 0 aliphatic carbocycles. The van der Waals surface area contributed by atoms with Crippen molar-refractivity contribution >= 4 is 44.1 Å². The number of nitrogens with zero attached hydrogens (tertiary/aromatic N) is 3. The van der Waals surface area contributed by atoms with E-state index in [4.69, 9.17) is 9.72 Å². The van der Waals surface area contributed by atoms with Crippen LogP contribution in [0.25, 0.3) is 16.0 Å². The van der Waals surface area contributed by atoms with E-state index >= 15 is 0 Å². The Hall–Kier alpha value is -4.04. The van der Waals surface area contributed by atoms with E-state index in [0.717, 1.165) is 27.8 Å². The Kier molecular flexibility index (Phi) is 6.99. The van der Waals surface area contributed by atoms with Crippen molar-refractivity contribution in [3.63, 3.8) is 0 Å². The maximum Gasteiger partial charge on any atom is 0.301 e. The number of ketones is 1. The van der Waals surface area contributed by atoms with Crippen LogP contribution < -0.4 is 9.64 Å². The molecule has 2 aromatic carbocycles. The van der Waals surface area contributed by atoms with Crippen LogP contribution in [0, 0.1) is 19.8 Å². The fourth-order valence-corrected chi connectivity index (χ4v) is 5.83. The molecule has 8 heteroatoms. The third-order valence-electron chi connectivity index (χ3n) is 6.56. The zero-order valence-electron chi connectivity index (χ0n) is 21.8. The van der Waals surface area contributed by atoms with E-state index in [-0.39, 0.29) is 11.3 Å². The van der Waals surface area contributed by atoms with Crippen molar-refractivity contribution in [2.45, 2.75) is 40.2 Å². The molecule has 1 aliphatic heterocycles. The van der Waals surface area contributed by atoms with Crippen molar-refractivity contribution in [1.82, 2.24) is 9.97 Å². The highest BCUT2D eigenvalue weighted by atomic mass is 32.1. The van der Waals surface area contributed by atoms with E-state index in [2.05, 4.69) is 18.8 Å². The van der Waals surface area contributed by atoms with Crippen LogP contribution in [0.4, 0.5) is 5.13 Å². The number of aliphatic hydroxyl groups excluding tert-OH is 1. The second-order valence-electron chi connectivity index (χ2n) is 9.93. The maximum absolute atomic E-state index is 13.6. The molecule has 5 rings (SSSR count). The summed E-state index contributed by atoms with van der Waals surface area (Å²) in [5, 5.41) is 11.7. The van der Waals surface area contributed by atoms with Gasteiger partial charge in [-0.2, -0.15) is 0 Å². The first-order chi connectivity index (χ1) is 18.2. The van der Waals surface area contributed by atoms with Crippen LogP contribution in [-0.4, -0.2) is 33.4 Å². The van der Waals surface area contributed by atoms with Gasteiger partial charge in [0, 0.05) is 18.0 Å². The number of benzene rings is 2. The van der Waals surface area contributed by atoms with Crippen molar-refractivity contribution in [1.29, 1.82) is 0 Å². The van der Waals surface area contributed by atoms with Crippen molar-refractivity contribution in [3.8, 4) is 5.75 Å². The maximum atomic E-state index is 13.6. The predicted molar refractivity (Wildman–Crippen MR) is 150 cm³/mol. The van der Waals surface area contributed by atoms with E-state index in [1.54, 1.807) is 12.1 Å². The van der Waals surface area contributed by atoms with Gasteiger partial charge < -0.3 is 9.84 Å². The summed E-state index contributed by atoms with van der Waals surface area (Å²) in [6, 6.07) is 13.7. The minimum absolute atomic E-state index is 0.00712. The Labute approximate surface area is 225 Å². The summed E-state index contributed by atoms with van der Waals surface area (Å²) in [6.07, 6.45) is 3.96. The fourth-order valence-electron chi connectivity index (χ4n) is 4.66. The number of fused-ring (bicyclic) bond motifs is 1. The van der Waals surface area contributed by atoms with Crippen LogP contribution in [0.15, 0.2) is 66.5 Å². The highest BCUT2D eigenvalue weighted by Crippen LogP contribution is 2.45. The number of anilines is 1. The third-order valence-corrected chi connectivity index (χ3v) is 7.56. The molecule has 1 aliphatic rings. The molecule has 38 heavy (non-hydrogen) atoms. The van der Waals surface area contributed by atoms with E-state index < -0.39 is 17.7 Å². The number of carbonyl (C=O) groups excluding carboxylic acids is 2. The van der Waals surface area contributed by atoms with Gasteiger partial charge in [-0.25, -0.2) is 4.98 Å². The van der Waals surface area contributed by atoms with Gasteiger partial charge in [-0.1, -0.05) is 43.4 Å². The van der Waals surface area contributed by atoms with Crippen molar-refractivity contribution in [2.75, 3.05) is 11.5 Å². The molecular weight excluding hydrogens is 498 g/mol. The monoisotopic (exact) mass is 527 g/mol. The van der Waals surface area contributed by atoms with Crippen LogP contribution in [-0.2, 0) is 9.59 Å². The number of aliphatic hydroxyl groups is 1. The highest BCUT2D eigenvalue weighted by Gasteiger charge is 2.48. The number of amides is 1. The number of hydrogen-bond donors (Lipinski definition) is 1. The average molecular weight is 528 g/mol. The molecule has 0 saturated carbocycles. The number of aryl methyl sites for hydroxylation is 2. The molecule has 1 N–H and O–H groups in total. The largest absolute Gasteiger partial charge is 0.507 e. The number of Topliss-reactive ketones (excluding diaryl/α,β-unsaturated/α-hetero) is 1. The molecule has 4 aromatic rings. The number of pyridine rings is 1. The normalized spacial score (nSPS) is 17.1. The van der Waals surface area contributed by atoms with Crippen molar-refractivity contribution in [2.24, 2.45) is 5.92 Å². The SMILES string of the molecule is Cc1cc(C)c2nc(N3C(=O)C(=O)/C(=C(/O)c4ccncc4)C3c3cccc(OCCC(C)C)c3)sc2c1. The van der Waals surface area contributed by atoms with Gasteiger partial charge in [0.2, 0.25) is 0 Å². The van der Waals surface area contributed by atoms with Gasteiger partial charge in [0.15, 0.2) is 5.13 Å². The third kappa shape index (κ3) is 4.79. The number of ether oxygens (including phenoxy) is 1. The molecule has 1 atom stereocenters. The van der Waals surface area contributed by atoms with Crippen LogP contribution in [0.5, 0.6) is 5.75 Å². The highest BCUT2D eigenvalue weighted by molar-refractivity contribution is 7.22. The Morgan fingerprint density at radius 1 is 1.11 bits per heavy atom. The van der Waals surface area contributed by atoms with Gasteiger partial charge >= 0.3 is 5.91 Å². The van der Waals surface area contributed by atoms with E-state index in [0.29, 0.717) is 34.5 Å². The zero-order valence-corrected chi connectivity index (χ0v) is 22.6. The predicted octanol–water partition coefficient (Wildman–Crippen LogP) is 6.36. The lowest BCUT2D eigenvalue weighted by molar-refractivity contribution is -0.132. The first-order valence-corrected chi connectivity index (χ1v) is 13.4. The lowest BCUT2D eigenvalue weighted by Gasteiger charge is -2.23. The van der Waals surface area contributed by atoms with Gasteiger partial charge in [-0.15, -0.1) is 0 Å². The number of aromatic nitrogens is 2. The molecule has 2 aromatic heterocycles. The Morgan fingerprint density at radius 3 is 2.61 bits per heavy atom. The minimum atomic E-state index is -0.876. The van der Waals surface area contributed by atoms with E-state index in [1.807, 2.05) is 50.2 Å². The second-order valence-corrected chi connectivity index (χ2v) is 10.9. The van der Waals surface area contributed by atoms with Crippen LogP contribution in [0.2, 0.25) is 0 Å². The molecule has 0 bridgehead atoms. The van der Waals surface area contributed by atoms with Gasteiger partial charge in [0.05, 0.1) is 28.4 Å². The second kappa shape index (κ2) is 10.4. The number of carbonyl (C=O) groups is 2. The molecule has 1 amide bonds. The summed E-state index contributed by atoms with van der Waals surface area (Å²) in [4.78, 5) is 37.2. The fraction of sp³-hybridized carbons (Fsp3) is 0.267. The molecule has 3 heterocycles. The summed E-state index contributed by atoms with van der Waals surface area (Å²) >= 11 is 1.35. The Bertz CT molecular complexity index is 1560. The summed E-state index contributed by atoms with van der Waals surface area (Å²) in [7, 11) is 0. The van der Waals surface area contributed by atoms with Gasteiger partial charge in [0.1, 0.15) is 11.5 Å². The molecule has 1 unspecified atom stereocenters. The topological polar surface area (TPSA) is 92.6 Å². The van der Waals surface area contributed by atoms with E-state index in [9.17, 15) is 14.7 Å². The zero-order chi connectivity index (χ0) is 27.0. The molecule has 1 fully saturated rings. The number of rotatable bonds is 7.